The maximum Gasteiger partial charge on any atom is 0.327 e. The van der Waals surface area contributed by atoms with E-state index in [1.165, 1.54) is 24.3 Å². The molecule has 8 atom stereocenters. The van der Waals surface area contributed by atoms with Crippen molar-refractivity contribution in [3.05, 3.63) is 35.9 Å². The molecular weight excluding hydrogens is 886 g/mol. The summed E-state index contributed by atoms with van der Waals surface area (Å²) in [6.45, 7) is 6.16. The van der Waals surface area contributed by atoms with Crippen LogP contribution in [0.2, 0.25) is 0 Å². The Hall–Kier alpha value is -4.48. The molecule has 2 heterocycles. The van der Waals surface area contributed by atoms with Crippen LogP contribution in [0.5, 0.6) is 0 Å². The molecule has 1 aromatic carbocycles. The molecular formula is C48H78N5O13P. The number of nitrogens with one attached hydrogen (secondary N) is 3. The maximum absolute atomic E-state index is 14.4. The first-order valence-electron chi connectivity index (χ1n) is 23.7. The van der Waals surface area contributed by atoms with Gasteiger partial charge in [0.25, 0.3) is 0 Å². The van der Waals surface area contributed by atoms with Crippen LogP contribution in [0.15, 0.2) is 30.3 Å². The molecule has 378 valence electrons. The second-order valence-corrected chi connectivity index (χ2v) is 18.8. The first-order valence-corrected chi connectivity index (χ1v) is 24.5. The fourth-order valence-corrected chi connectivity index (χ4v) is 9.29. The molecule has 18 nitrogen and oxygen atoms in total. The van der Waals surface area contributed by atoms with Crippen molar-refractivity contribution in [2.75, 3.05) is 13.2 Å². The van der Waals surface area contributed by atoms with Crippen LogP contribution in [-0.2, 0) is 53.9 Å². The number of rotatable bonds is 21. The molecule has 0 spiro atoms. The van der Waals surface area contributed by atoms with Crippen LogP contribution in [0, 0.1) is 23.7 Å². The van der Waals surface area contributed by atoms with Crippen molar-refractivity contribution >= 4 is 55.6 Å². The maximum atomic E-state index is 14.4. The SMILES string of the molecule is CC(=O)N1CCC[C@H]1C(=O)N[C@@H](CC(C)C)C(=O)C[C@H]1C[C@H](CCCCCCCCc2ccccc2)C(=O)CCCCC[C@H](C(N)=O)NC(=O)[C@H]([C@@H](C)OP=O)CC(=O)[C@H](CO)NC1=O.O.O. The van der Waals surface area contributed by atoms with Crippen molar-refractivity contribution in [3.63, 3.8) is 0 Å². The van der Waals surface area contributed by atoms with Crippen molar-refractivity contribution in [1.29, 1.82) is 0 Å². The lowest BCUT2D eigenvalue weighted by Crippen LogP contribution is -2.52. The van der Waals surface area contributed by atoms with E-state index in [-0.39, 0.29) is 60.7 Å². The van der Waals surface area contributed by atoms with Gasteiger partial charge in [0.15, 0.2) is 11.6 Å². The normalized spacial score (nSPS) is 23.4. The molecule has 2 fully saturated rings. The highest BCUT2D eigenvalue weighted by molar-refractivity contribution is 7.17. The van der Waals surface area contributed by atoms with Gasteiger partial charge in [0.1, 0.15) is 23.9 Å². The van der Waals surface area contributed by atoms with E-state index in [2.05, 4.69) is 28.1 Å². The monoisotopic (exact) mass is 964 g/mol. The van der Waals surface area contributed by atoms with Gasteiger partial charge in [-0.3, -0.25) is 42.9 Å². The first-order chi connectivity index (χ1) is 31.1. The first kappa shape index (κ1) is 60.5. The summed E-state index contributed by atoms with van der Waals surface area (Å²) in [5, 5.41) is 18.5. The second-order valence-electron chi connectivity index (χ2n) is 18.4. The number of amides is 5. The zero-order chi connectivity index (χ0) is 47.9. The number of nitrogens with zero attached hydrogens (tertiary/aromatic N) is 1. The Bertz CT molecular complexity index is 1750. The van der Waals surface area contributed by atoms with E-state index in [1.54, 1.807) is 0 Å². The number of nitrogens with two attached hydrogens (primary N) is 1. The van der Waals surface area contributed by atoms with Crippen molar-refractivity contribution in [2.45, 2.75) is 180 Å². The largest absolute Gasteiger partial charge is 0.412 e. The van der Waals surface area contributed by atoms with Crippen LogP contribution in [0.4, 0.5) is 0 Å². The molecule has 0 unspecified atom stereocenters. The summed E-state index contributed by atoms with van der Waals surface area (Å²) in [7, 11) is -0.763. The van der Waals surface area contributed by atoms with Crippen LogP contribution < -0.4 is 21.7 Å². The van der Waals surface area contributed by atoms with Gasteiger partial charge in [-0.15, -0.1) is 0 Å². The average molecular weight is 964 g/mol. The van der Waals surface area contributed by atoms with E-state index in [1.807, 2.05) is 32.0 Å². The minimum Gasteiger partial charge on any atom is -0.412 e. The standard InChI is InChI=1S/C48H74N5O11P.2H2O/c1-31(2)26-39(51-48(62)41-23-17-25-53(41)33(4)55)43(57)28-36-27-35(21-14-8-6-5-7-11-18-34-19-12-9-13-20-34)42(56)24-16-10-15-22-38(45(49)59)50-47(61)37(32(3)64-65-63)29-44(58)40(30-54)52-46(36)60;;/h9,12-13,19-20,31-32,35-41,54H,5-8,10-11,14-18,21-30H2,1-4H3,(H2,49,59)(H,50,61)(H,51,62)(H,52,60);2*1H2/t32-,35+,36-,37+,38-,39+,40+,41+;;/m1../s1. The molecule has 0 radical (unpaired) electrons. The van der Waals surface area contributed by atoms with E-state index in [4.69, 9.17) is 10.3 Å². The number of likely N-dealkylation sites (tertiary alicyclic amines) is 1. The molecule has 2 aliphatic heterocycles. The number of primary amides is 1. The van der Waals surface area contributed by atoms with Gasteiger partial charge in [0, 0.05) is 44.6 Å². The molecule has 2 aliphatic rings. The van der Waals surface area contributed by atoms with Crippen molar-refractivity contribution in [3.8, 4) is 0 Å². The number of Topliss-reactive ketones (excluding diaryl/α,β-unsaturated/α-hetero) is 3. The average Bonchev–Trinajstić information content (AvgIpc) is 3.77. The highest BCUT2D eigenvalue weighted by Crippen LogP contribution is 2.28. The molecule has 10 N–H and O–H groups in total. The number of ketones is 3. The minimum atomic E-state index is -1.54. The highest BCUT2D eigenvalue weighted by atomic mass is 31.1. The minimum absolute atomic E-state index is 0. The van der Waals surface area contributed by atoms with Gasteiger partial charge in [0.05, 0.1) is 24.7 Å². The third-order valence-corrected chi connectivity index (χ3v) is 13.2. The fraction of sp³-hybridized carbons (Fsp3) is 0.708. The summed E-state index contributed by atoms with van der Waals surface area (Å²) >= 11 is 0. The number of hydrogen-bond acceptors (Lipinski definition) is 11. The molecule has 0 saturated carbocycles. The lowest BCUT2D eigenvalue weighted by Gasteiger charge is -2.29. The molecule has 0 aromatic heterocycles. The number of benzene rings is 1. The Kier molecular flexibility index (Phi) is 29.2. The van der Waals surface area contributed by atoms with E-state index >= 15 is 0 Å². The summed E-state index contributed by atoms with van der Waals surface area (Å²) in [5.41, 5.74) is 6.94. The Morgan fingerprint density at radius 1 is 0.866 bits per heavy atom. The van der Waals surface area contributed by atoms with E-state index in [0.717, 1.165) is 38.5 Å². The molecule has 0 aliphatic carbocycles. The van der Waals surface area contributed by atoms with Crippen molar-refractivity contribution < 1.29 is 63.5 Å². The molecule has 2 saturated heterocycles. The van der Waals surface area contributed by atoms with Gasteiger partial charge < -0.3 is 42.6 Å². The topological polar surface area (TPSA) is 311 Å². The molecule has 19 heteroatoms. The van der Waals surface area contributed by atoms with Gasteiger partial charge in [-0.25, -0.2) is 4.57 Å². The van der Waals surface area contributed by atoms with Gasteiger partial charge >= 0.3 is 8.69 Å². The smallest absolute Gasteiger partial charge is 0.327 e. The Balaban J connectivity index is 0.0000112. The number of aliphatic hydroxyl groups excluding tert-OH is 1. The van der Waals surface area contributed by atoms with Crippen LogP contribution in [0.3, 0.4) is 0 Å². The summed E-state index contributed by atoms with van der Waals surface area (Å²) in [6.07, 6.45) is 8.19. The van der Waals surface area contributed by atoms with Crippen LogP contribution in [0.25, 0.3) is 0 Å². The van der Waals surface area contributed by atoms with E-state index < -0.39 is 105 Å². The summed E-state index contributed by atoms with van der Waals surface area (Å²) in [6, 6.07) is 5.95. The lowest BCUT2D eigenvalue weighted by atomic mass is 9.81. The molecule has 0 bridgehead atoms. The molecule has 1 aromatic rings. The lowest BCUT2D eigenvalue weighted by molar-refractivity contribution is -0.139. The summed E-state index contributed by atoms with van der Waals surface area (Å²) in [4.78, 5) is 110. The summed E-state index contributed by atoms with van der Waals surface area (Å²) < 4.78 is 16.5. The highest BCUT2D eigenvalue weighted by Gasteiger charge is 2.38. The number of unbranched alkanes of at least 4 members (excludes halogenated alkanes) is 5. The van der Waals surface area contributed by atoms with Crippen LogP contribution in [0.1, 0.15) is 149 Å². The zero-order valence-corrected chi connectivity index (χ0v) is 40.8. The molecule has 67 heavy (non-hydrogen) atoms. The van der Waals surface area contributed by atoms with E-state index in [0.29, 0.717) is 51.5 Å². The number of hydrogen-bond donors (Lipinski definition) is 5. The van der Waals surface area contributed by atoms with Gasteiger partial charge in [-0.2, -0.15) is 0 Å². The number of aliphatic hydroxyl groups is 1. The Morgan fingerprint density at radius 3 is 2.16 bits per heavy atom. The second kappa shape index (κ2) is 32.3. The Morgan fingerprint density at radius 2 is 1.54 bits per heavy atom. The third kappa shape index (κ3) is 21.1. The van der Waals surface area contributed by atoms with E-state index in [9.17, 15) is 48.0 Å². The predicted octanol–water partition coefficient (Wildman–Crippen LogP) is 3.60. The number of carbonyl (C=O) groups is 8. The Labute approximate surface area is 397 Å². The molecule has 3 rings (SSSR count). The van der Waals surface area contributed by atoms with Crippen molar-refractivity contribution in [2.24, 2.45) is 29.4 Å². The van der Waals surface area contributed by atoms with Crippen LogP contribution in [-0.4, -0.2) is 111 Å². The van der Waals surface area contributed by atoms with Crippen LogP contribution >= 0.6 is 8.69 Å². The molecule has 5 amide bonds. The number of aryl methyl sites for hydroxylation is 1. The third-order valence-electron chi connectivity index (χ3n) is 12.8. The summed E-state index contributed by atoms with van der Waals surface area (Å²) in [5.74, 6) is -7.43. The number of carbonyl (C=O) groups excluding carboxylic acids is 8. The van der Waals surface area contributed by atoms with Gasteiger partial charge in [0.2, 0.25) is 29.5 Å². The predicted molar refractivity (Wildman–Crippen MR) is 252 cm³/mol. The van der Waals surface area contributed by atoms with Crippen molar-refractivity contribution in [1.82, 2.24) is 20.9 Å². The van der Waals surface area contributed by atoms with Gasteiger partial charge in [-0.1, -0.05) is 89.1 Å². The van der Waals surface area contributed by atoms with Gasteiger partial charge in [-0.05, 0) is 76.2 Å². The fourth-order valence-electron chi connectivity index (χ4n) is 9.00. The quantitative estimate of drug-likeness (QED) is 0.0876. The zero-order valence-electron chi connectivity index (χ0n) is 39.9.